The molecule has 0 unspecified atom stereocenters. The number of rotatable bonds is 5. The van der Waals surface area contributed by atoms with Crippen molar-refractivity contribution in [3.05, 3.63) is 54.2 Å². The van der Waals surface area contributed by atoms with Crippen molar-refractivity contribution in [2.24, 2.45) is 11.1 Å². The van der Waals surface area contributed by atoms with E-state index in [2.05, 4.69) is 20.5 Å². The molecule has 0 radical (unpaired) electrons. The molecule has 4 N–H and O–H groups in total. The van der Waals surface area contributed by atoms with Crippen molar-refractivity contribution in [1.29, 1.82) is 0 Å². The van der Waals surface area contributed by atoms with Crippen LogP contribution in [-0.2, 0) is 9.59 Å². The first-order chi connectivity index (χ1) is 14.5. The number of primary amides is 1. The fraction of sp³-hybridized carbons (Fsp3) is 0.182. The topological polar surface area (TPSA) is 127 Å². The second-order valence-electron chi connectivity index (χ2n) is 7.58. The van der Waals surface area contributed by atoms with Crippen LogP contribution in [0.25, 0.3) is 33.8 Å². The van der Waals surface area contributed by atoms with Gasteiger partial charge in [-0.25, -0.2) is 4.98 Å². The number of nitrogens with one attached hydrogen (secondary N) is 2. The number of benzene rings is 2. The van der Waals surface area contributed by atoms with Crippen molar-refractivity contribution in [2.75, 3.05) is 5.32 Å². The molecule has 2 amide bonds. The molecule has 2 aromatic heterocycles. The number of anilines is 1. The SMILES string of the molecule is Cc1cccc2oc(-c3cn[nH]c3-c3ccc(NC(=O)C4(C(N)=O)CC4)cc3)nc12. The maximum atomic E-state index is 12.4. The molecular formula is C22H19N5O3. The van der Waals surface area contributed by atoms with E-state index in [1.807, 2.05) is 37.3 Å². The number of nitrogens with zero attached hydrogens (tertiary/aromatic N) is 2. The summed E-state index contributed by atoms with van der Waals surface area (Å²) >= 11 is 0. The Balaban J connectivity index is 1.42. The van der Waals surface area contributed by atoms with Gasteiger partial charge in [0.1, 0.15) is 10.9 Å². The summed E-state index contributed by atoms with van der Waals surface area (Å²) < 4.78 is 5.93. The maximum absolute atomic E-state index is 12.4. The Morgan fingerprint density at radius 2 is 1.93 bits per heavy atom. The van der Waals surface area contributed by atoms with Crippen molar-refractivity contribution in [2.45, 2.75) is 19.8 Å². The van der Waals surface area contributed by atoms with E-state index < -0.39 is 11.3 Å². The number of oxazole rings is 1. The molecule has 0 atom stereocenters. The zero-order valence-corrected chi connectivity index (χ0v) is 16.2. The maximum Gasteiger partial charge on any atom is 0.240 e. The summed E-state index contributed by atoms with van der Waals surface area (Å²) in [5.41, 5.74) is 9.83. The van der Waals surface area contributed by atoms with E-state index in [4.69, 9.17) is 10.2 Å². The zero-order valence-electron chi connectivity index (χ0n) is 16.2. The van der Waals surface area contributed by atoms with Crippen LogP contribution in [0.4, 0.5) is 5.69 Å². The lowest BCUT2D eigenvalue weighted by atomic mass is 10.0. The minimum absolute atomic E-state index is 0.355. The molecule has 0 saturated heterocycles. The Kier molecular flexibility index (Phi) is 3.95. The number of amides is 2. The highest BCUT2D eigenvalue weighted by atomic mass is 16.3. The lowest BCUT2D eigenvalue weighted by Gasteiger charge is -2.12. The molecule has 4 aromatic rings. The average Bonchev–Trinajstić information content (AvgIpc) is 3.21. The molecule has 0 bridgehead atoms. The summed E-state index contributed by atoms with van der Waals surface area (Å²) in [6.45, 7) is 1.99. The van der Waals surface area contributed by atoms with Gasteiger partial charge in [0, 0.05) is 11.3 Å². The molecule has 1 aliphatic rings. The van der Waals surface area contributed by atoms with Gasteiger partial charge in [-0.05, 0) is 43.5 Å². The van der Waals surface area contributed by atoms with Gasteiger partial charge in [0.2, 0.25) is 17.7 Å². The summed E-state index contributed by atoms with van der Waals surface area (Å²) in [5, 5.41) is 9.91. The number of para-hydroxylation sites is 1. The van der Waals surface area contributed by atoms with Gasteiger partial charge in [0.15, 0.2) is 5.58 Å². The first-order valence-corrected chi connectivity index (χ1v) is 9.60. The van der Waals surface area contributed by atoms with Crippen LogP contribution in [0, 0.1) is 12.3 Å². The predicted molar refractivity (Wildman–Crippen MR) is 111 cm³/mol. The molecule has 1 fully saturated rings. The highest BCUT2D eigenvalue weighted by Crippen LogP contribution is 2.46. The number of carbonyl (C=O) groups excluding carboxylic acids is 2. The molecule has 0 spiro atoms. The van der Waals surface area contributed by atoms with Gasteiger partial charge in [0.25, 0.3) is 0 Å². The van der Waals surface area contributed by atoms with Crippen LogP contribution in [0.3, 0.4) is 0 Å². The quantitative estimate of drug-likeness (QED) is 0.442. The van der Waals surface area contributed by atoms with E-state index in [0.29, 0.717) is 24.4 Å². The molecule has 8 heteroatoms. The average molecular weight is 401 g/mol. The number of aromatic amines is 1. The van der Waals surface area contributed by atoms with Crippen molar-refractivity contribution in [3.63, 3.8) is 0 Å². The molecule has 2 heterocycles. The van der Waals surface area contributed by atoms with E-state index in [-0.39, 0.29) is 5.91 Å². The van der Waals surface area contributed by atoms with Crippen LogP contribution < -0.4 is 11.1 Å². The molecule has 0 aliphatic heterocycles. The van der Waals surface area contributed by atoms with Crippen molar-refractivity contribution in [3.8, 4) is 22.7 Å². The molecule has 2 aromatic carbocycles. The van der Waals surface area contributed by atoms with E-state index in [1.54, 1.807) is 18.3 Å². The molecule has 30 heavy (non-hydrogen) atoms. The summed E-state index contributed by atoms with van der Waals surface area (Å²) in [6.07, 6.45) is 2.66. The summed E-state index contributed by atoms with van der Waals surface area (Å²) in [7, 11) is 0. The van der Waals surface area contributed by atoms with Gasteiger partial charge in [-0.2, -0.15) is 5.10 Å². The van der Waals surface area contributed by atoms with Crippen LogP contribution in [-0.4, -0.2) is 27.0 Å². The van der Waals surface area contributed by atoms with Gasteiger partial charge in [-0.1, -0.05) is 24.3 Å². The smallest absolute Gasteiger partial charge is 0.240 e. The Hall–Kier alpha value is -3.94. The zero-order chi connectivity index (χ0) is 20.9. The number of aromatic nitrogens is 3. The lowest BCUT2D eigenvalue weighted by Crippen LogP contribution is -2.36. The van der Waals surface area contributed by atoms with E-state index >= 15 is 0 Å². The summed E-state index contributed by atoms with van der Waals surface area (Å²) in [5.74, 6) is -0.448. The summed E-state index contributed by atoms with van der Waals surface area (Å²) in [4.78, 5) is 28.5. The number of fused-ring (bicyclic) bond motifs is 1. The number of hydrogen-bond acceptors (Lipinski definition) is 5. The number of H-pyrrole nitrogens is 1. The fourth-order valence-electron chi connectivity index (χ4n) is 3.55. The third-order valence-electron chi connectivity index (χ3n) is 5.58. The first kappa shape index (κ1) is 18.1. The van der Waals surface area contributed by atoms with Gasteiger partial charge >= 0.3 is 0 Å². The normalized spacial score (nSPS) is 14.6. The van der Waals surface area contributed by atoms with Gasteiger partial charge in [-0.3, -0.25) is 14.7 Å². The van der Waals surface area contributed by atoms with Crippen LogP contribution in [0.15, 0.2) is 53.1 Å². The lowest BCUT2D eigenvalue weighted by molar-refractivity contribution is -0.132. The standard InChI is InChI=1S/C22H19N5O3/c1-12-3-2-4-16-17(12)26-19(30-16)15-11-24-27-18(15)13-5-7-14(8-6-13)25-21(29)22(9-10-22)20(23)28/h2-8,11H,9-10H2,1H3,(H2,23,28)(H,24,27)(H,25,29). The third kappa shape index (κ3) is 2.85. The third-order valence-corrected chi connectivity index (χ3v) is 5.58. The number of hydrogen-bond donors (Lipinski definition) is 3. The molecular weight excluding hydrogens is 382 g/mol. The Morgan fingerprint density at radius 3 is 2.60 bits per heavy atom. The van der Waals surface area contributed by atoms with Crippen LogP contribution in [0.2, 0.25) is 0 Å². The predicted octanol–water partition coefficient (Wildman–Crippen LogP) is 3.40. The second kappa shape index (κ2) is 6.55. The van der Waals surface area contributed by atoms with Crippen LogP contribution in [0.5, 0.6) is 0 Å². The Morgan fingerprint density at radius 1 is 1.17 bits per heavy atom. The number of carbonyl (C=O) groups is 2. The van der Waals surface area contributed by atoms with Crippen molar-refractivity contribution >= 4 is 28.6 Å². The highest BCUT2D eigenvalue weighted by Gasteiger charge is 2.55. The Labute approximate surface area is 171 Å². The van der Waals surface area contributed by atoms with Crippen LogP contribution >= 0.6 is 0 Å². The monoisotopic (exact) mass is 401 g/mol. The minimum atomic E-state index is -1.06. The number of nitrogens with two attached hydrogens (primary N) is 1. The summed E-state index contributed by atoms with van der Waals surface area (Å²) in [6, 6.07) is 13.0. The molecule has 8 nitrogen and oxygen atoms in total. The molecule has 5 rings (SSSR count). The van der Waals surface area contributed by atoms with Crippen LogP contribution in [0.1, 0.15) is 18.4 Å². The van der Waals surface area contributed by atoms with Gasteiger partial charge in [0.05, 0.1) is 17.5 Å². The fourth-order valence-corrected chi connectivity index (χ4v) is 3.55. The minimum Gasteiger partial charge on any atom is -0.436 e. The van der Waals surface area contributed by atoms with Crippen molar-refractivity contribution in [1.82, 2.24) is 15.2 Å². The van der Waals surface area contributed by atoms with E-state index in [9.17, 15) is 9.59 Å². The highest BCUT2D eigenvalue weighted by molar-refractivity contribution is 6.12. The molecule has 1 aliphatic carbocycles. The van der Waals surface area contributed by atoms with Gasteiger partial charge in [-0.15, -0.1) is 0 Å². The largest absolute Gasteiger partial charge is 0.436 e. The first-order valence-electron chi connectivity index (χ1n) is 9.60. The Bertz CT molecular complexity index is 1280. The van der Waals surface area contributed by atoms with Crippen molar-refractivity contribution < 1.29 is 14.0 Å². The van der Waals surface area contributed by atoms with Gasteiger partial charge < -0.3 is 15.5 Å². The van der Waals surface area contributed by atoms with E-state index in [1.165, 1.54) is 0 Å². The second-order valence-corrected chi connectivity index (χ2v) is 7.58. The van der Waals surface area contributed by atoms with E-state index in [0.717, 1.165) is 33.5 Å². The molecule has 1 saturated carbocycles. The number of aryl methyl sites for hydroxylation is 1. The molecule has 150 valence electrons.